The van der Waals surface area contributed by atoms with Crippen LogP contribution in [0.4, 0.5) is 0 Å². The second-order valence-corrected chi connectivity index (χ2v) is 2.90. The van der Waals surface area contributed by atoms with Crippen molar-refractivity contribution in [2.45, 2.75) is 0 Å². The second-order valence-electron chi connectivity index (χ2n) is 0.966. The topological polar surface area (TPSA) is 606 Å². The monoisotopic (exact) mass is 1220 g/mol. The largest absolute Gasteiger partial charge is 1.00 e. The molecule has 0 saturated heterocycles. The molecule has 0 aromatic carbocycles. The van der Waals surface area contributed by atoms with Gasteiger partial charge in [0.05, 0.1) is 0 Å². The summed E-state index contributed by atoms with van der Waals surface area (Å²) in [4.78, 5) is 0. The molecule has 0 saturated carbocycles. The molecule has 0 aliphatic heterocycles. The molecule has 53 heteroatoms. The van der Waals surface area contributed by atoms with Crippen LogP contribution in [0.2, 0.25) is 0 Å². The van der Waals surface area contributed by atoms with E-state index in [1.165, 1.54) is 0 Å². The summed E-state index contributed by atoms with van der Waals surface area (Å²) < 4.78 is 213. The first-order chi connectivity index (χ1) is 19.8. The molecule has 53 heavy (non-hydrogen) atoms. The molecule has 0 aliphatic carbocycles. The van der Waals surface area contributed by atoms with Crippen LogP contribution in [0, 0.1) is 159 Å². The van der Waals surface area contributed by atoms with Gasteiger partial charge in [0.25, 0.3) is 0 Å². The fourth-order valence-corrected chi connectivity index (χ4v) is 0. The van der Waals surface area contributed by atoms with E-state index in [4.69, 9.17) is 130 Å². The predicted molar refractivity (Wildman–Crippen MR) is 43.3 cm³/mol. The summed E-state index contributed by atoms with van der Waals surface area (Å²) in [6, 6.07) is 0. The minimum absolute atomic E-state index is 0. The molecule has 0 heterocycles. The Balaban J connectivity index is -0.00000000378. The third-order valence-corrected chi connectivity index (χ3v) is 0. The standard InChI is InChI=1S/14ClHO2.11Na.11H/c14*2-1-3;;;;;;;;;;;;;;;;;;;;;;/h14*2H;;;;;;;;;;;;;;;;;;;;;;/q;;;;;;;;;;;;;;11*+1;11*-1. The number of hydrogen-bond acceptors (Lipinski definition) is 28. The Morgan fingerprint density at radius 1 is 0.151 bits per heavy atom. The molecule has 0 bridgehead atoms. The Morgan fingerprint density at radius 3 is 0.151 bits per heavy atom. The van der Waals surface area contributed by atoms with Gasteiger partial charge in [-0.1, -0.05) is 0 Å². The van der Waals surface area contributed by atoms with Crippen molar-refractivity contribution >= 4 is 0 Å². The Labute approximate surface area is 616 Å². The SMILES string of the molecule is [H-].[H-].[H-].[H-].[H-].[H-].[H-].[H-].[H-].[H-].[H-].[Na+].[Na+].[Na+].[Na+].[Na+].[Na+].[Na+].[Na+].[Na+].[Na+].[Na+].[O-][Cl+]O.[O-][Cl+]O.[O-][Cl+]O.[O-][Cl+]O.[O-][Cl+]O.[O-][Cl+]O.[O-][Cl+]O.[O-][Cl+]O.[O-][Cl+]O.[O-][Cl+]O.[O-][Cl+]O.[O-][Cl+]O.[O-][Cl+]O.[O-][Cl+]O. The van der Waals surface area contributed by atoms with Gasteiger partial charge in [-0.2, -0.15) is 0 Å². The van der Waals surface area contributed by atoms with E-state index >= 15 is 0 Å². The molecule has 14 N–H and O–H groups in total. The molecule has 0 aromatic rings. The molecule has 302 valence electrons. The molecule has 0 aromatic heterocycles. The number of halogens is 14. The van der Waals surface area contributed by atoms with E-state index in [1.54, 1.807) is 0 Å². The summed E-state index contributed by atoms with van der Waals surface area (Å²) in [6.45, 7) is 0. The van der Waals surface area contributed by atoms with Gasteiger partial charge in [-0.25, -0.2) is 0 Å². The summed E-state index contributed by atoms with van der Waals surface area (Å²) in [5.41, 5.74) is 0. The van der Waals surface area contributed by atoms with E-state index in [9.17, 15) is 0 Å². The van der Waals surface area contributed by atoms with Crippen LogP contribution in [-0.2, 0) is 0 Å². The Hall–Kier alpha value is 13.9. The van der Waals surface area contributed by atoms with E-state index in [-0.39, 0.29) is 499 Å². The van der Waals surface area contributed by atoms with Gasteiger partial charge in [0.15, 0.2) is 0 Å². The third kappa shape index (κ3) is 1390. The summed E-state index contributed by atoms with van der Waals surface area (Å²) in [6.07, 6.45) is 0. The van der Waals surface area contributed by atoms with E-state index in [1.807, 2.05) is 0 Å². The zero-order valence-corrected chi connectivity index (χ0v) is 60.9. The zero-order chi connectivity index (χ0) is 37.9. The predicted octanol–water partition coefficient (Wildman–Crippen LogP) is -56.2. The van der Waals surface area contributed by atoms with Crippen molar-refractivity contribution in [2.24, 2.45) is 0 Å². The fourth-order valence-electron chi connectivity index (χ4n) is 0. The molecule has 0 radical (unpaired) electrons. The summed E-state index contributed by atoms with van der Waals surface area (Å²) in [5.74, 6) is 0. The van der Waals surface area contributed by atoms with E-state index < -0.39 is 0 Å². The summed E-state index contributed by atoms with van der Waals surface area (Å²) in [5, 5.41) is 0. The molecule has 0 atom stereocenters. The zero-order valence-electron chi connectivity index (χ0n) is 39.3. The molecule has 0 unspecified atom stereocenters. The fraction of sp³-hybridized carbons (Fsp3) is 0. The van der Waals surface area contributed by atoms with Crippen molar-refractivity contribution < 1.29 is 630 Å². The van der Waals surface area contributed by atoms with Crippen LogP contribution in [0.1, 0.15) is 15.7 Å². The molecule has 0 amide bonds. The quantitative estimate of drug-likeness (QED) is 0.100. The van der Waals surface area contributed by atoms with Gasteiger partial charge in [-0.15, -0.1) is 65.2 Å². The van der Waals surface area contributed by atoms with Crippen LogP contribution in [0.15, 0.2) is 0 Å². The first-order valence-corrected chi connectivity index (χ1v) is 13.6. The molecule has 0 rings (SSSR count). The van der Waals surface area contributed by atoms with Crippen LogP contribution >= 0.6 is 0 Å². The van der Waals surface area contributed by atoms with Crippen LogP contribution < -0.4 is 390 Å². The van der Waals surface area contributed by atoms with Gasteiger partial charge in [-0.3, -0.25) is 0 Å². The van der Waals surface area contributed by atoms with Gasteiger partial charge >= 0.3 is 484 Å². The maximum atomic E-state index is 8.35. The smallest absolute Gasteiger partial charge is 1.00 e. The first-order valence-electron chi connectivity index (χ1n) is 4.53. The third-order valence-electron chi connectivity index (χ3n) is 0. The number of rotatable bonds is 0. The average Bonchev–Trinajstić information content (AvgIpc) is 2.86. The first kappa shape index (κ1) is 165. The van der Waals surface area contributed by atoms with Crippen molar-refractivity contribution in [1.29, 1.82) is 0 Å². The minimum atomic E-state index is -0.167. The van der Waals surface area contributed by atoms with Gasteiger partial charge in [-0.05, 0) is 0 Å². The van der Waals surface area contributed by atoms with Crippen LogP contribution in [0.5, 0.6) is 0 Å². The van der Waals surface area contributed by atoms with Crippen molar-refractivity contribution in [3.63, 3.8) is 0 Å². The average molecular weight is 1220 g/mol. The van der Waals surface area contributed by atoms with Gasteiger partial charge in [0, 0.05) is 0 Å². The normalized spacial score (nSPS) is 4.75. The molecular formula is H25Cl14Na11O28. The Morgan fingerprint density at radius 2 is 0.151 bits per heavy atom. The van der Waals surface area contributed by atoms with Crippen LogP contribution in [-0.4, -0.2) is 65.2 Å². The van der Waals surface area contributed by atoms with Crippen molar-refractivity contribution in [1.82, 2.24) is 0 Å². The van der Waals surface area contributed by atoms with Crippen LogP contribution in [0.25, 0.3) is 0 Å². The maximum absolute atomic E-state index is 8.35. The van der Waals surface area contributed by atoms with Crippen LogP contribution in [0.3, 0.4) is 0 Å². The molecule has 0 spiro atoms. The minimum Gasteiger partial charge on any atom is -1.00 e. The van der Waals surface area contributed by atoms with E-state index in [2.05, 4.69) is 0 Å². The summed E-state index contributed by atoms with van der Waals surface area (Å²) >= 11 is -2.33. The van der Waals surface area contributed by atoms with Crippen molar-refractivity contribution in [3.8, 4) is 0 Å². The molecule has 0 fully saturated rings. The molecule has 28 nitrogen and oxygen atoms in total. The van der Waals surface area contributed by atoms with Crippen molar-refractivity contribution in [3.05, 3.63) is 0 Å². The van der Waals surface area contributed by atoms with E-state index in [0.717, 1.165) is 0 Å². The van der Waals surface area contributed by atoms with Gasteiger partial charge in [0.1, 0.15) is 0 Å². The molecular weight excluding hydrogens is 1200 g/mol. The Bertz CT molecular complexity index is 173. The maximum Gasteiger partial charge on any atom is 1.00 e. The number of hydrogen-bond donors (Lipinski definition) is 14. The Kier molecular flexibility index (Phi) is 1110. The van der Waals surface area contributed by atoms with Gasteiger partial charge < -0.3 is 80.9 Å². The molecule has 0 aliphatic rings. The van der Waals surface area contributed by atoms with Gasteiger partial charge in [0.2, 0.25) is 0 Å². The second kappa shape index (κ2) is 356. The summed E-state index contributed by atoms with van der Waals surface area (Å²) in [7, 11) is 0. The van der Waals surface area contributed by atoms with Crippen molar-refractivity contribution in [2.75, 3.05) is 0 Å². The van der Waals surface area contributed by atoms with E-state index in [0.29, 0.717) is 0 Å².